The molecule has 0 aromatic heterocycles. The molecule has 1 amide bonds. The van der Waals surface area contributed by atoms with E-state index in [4.69, 9.17) is 16.3 Å². The molecule has 0 saturated carbocycles. The fourth-order valence-corrected chi connectivity index (χ4v) is 5.28. The first-order valence-corrected chi connectivity index (χ1v) is 11.0. The first kappa shape index (κ1) is 20.6. The molecular formula is C20H21ClFNO4S. The molecule has 0 spiro atoms. The molecule has 2 aromatic carbocycles. The number of methoxy groups -OCH3 is 1. The lowest BCUT2D eigenvalue weighted by atomic mass is 10.1. The highest BCUT2D eigenvalue weighted by atomic mass is 35.5. The summed E-state index contributed by atoms with van der Waals surface area (Å²) in [7, 11) is -1.62. The number of halogens is 2. The minimum absolute atomic E-state index is 0.0461. The third-order valence-corrected chi connectivity index (χ3v) is 6.98. The third kappa shape index (κ3) is 4.83. The average Bonchev–Trinajstić information content (AvgIpc) is 3.02. The number of hydrogen-bond acceptors (Lipinski definition) is 4. The van der Waals surface area contributed by atoms with Gasteiger partial charge in [-0.05, 0) is 36.2 Å². The third-order valence-electron chi connectivity index (χ3n) is 4.87. The summed E-state index contributed by atoms with van der Waals surface area (Å²) in [4.78, 5) is 14.5. The quantitative estimate of drug-likeness (QED) is 0.712. The fraction of sp³-hybridized carbons (Fsp3) is 0.350. The monoisotopic (exact) mass is 425 g/mol. The molecule has 0 radical (unpaired) electrons. The molecule has 5 nitrogen and oxygen atoms in total. The molecule has 0 bridgehead atoms. The molecule has 150 valence electrons. The van der Waals surface area contributed by atoms with Crippen LogP contribution in [0.5, 0.6) is 5.75 Å². The van der Waals surface area contributed by atoms with Crippen molar-refractivity contribution in [3.8, 4) is 5.75 Å². The van der Waals surface area contributed by atoms with Crippen LogP contribution in [0.2, 0.25) is 5.02 Å². The van der Waals surface area contributed by atoms with E-state index >= 15 is 0 Å². The van der Waals surface area contributed by atoms with Crippen LogP contribution < -0.4 is 4.74 Å². The second-order valence-corrected chi connectivity index (χ2v) is 9.44. The highest BCUT2D eigenvalue weighted by Crippen LogP contribution is 2.25. The number of rotatable bonds is 6. The fourth-order valence-electron chi connectivity index (χ4n) is 3.32. The maximum Gasteiger partial charge on any atom is 0.227 e. The Morgan fingerprint density at radius 2 is 1.96 bits per heavy atom. The van der Waals surface area contributed by atoms with Crippen LogP contribution in [0.4, 0.5) is 4.39 Å². The summed E-state index contributed by atoms with van der Waals surface area (Å²) in [6.07, 6.45) is 0.146. The van der Waals surface area contributed by atoms with Gasteiger partial charge in [0.15, 0.2) is 9.84 Å². The van der Waals surface area contributed by atoms with Crippen LogP contribution >= 0.6 is 11.6 Å². The summed E-state index contributed by atoms with van der Waals surface area (Å²) in [6.45, 7) is 0.231. The van der Waals surface area contributed by atoms with Gasteiger partial charge in [0, 0.05) is 23.2 Å². The van der Waals surface area contributed by atoms with Crippen molar-refractivity contribution in [1.29, 1.82) is 0 Å². The zero-order valence-corrected chi connectivity index (χ0v) is 17.0. The standard InChI is InChI=1S/C20H21ClFNO4S/c1-27-16-7-5-14(6-8-16)12-23(15-9-10-28(25,26)13-15)20(24)11-17-18(21)3-2-4-19(17)22/h2-8,15H,9-13H2,1H3/t15-/m0/s1. The SMILES string of the molecule is COc1ccc(CN(C(=O)Cc2c(F)cccc2Cl)[C@H]2CCS(=O)(=O)C2)cc1. The van der Waals surface area contributed by atoms with Crippen LogP contribution in [0.15, 0.2) is 42.5 Å². The van der Waals surface area contributed by atoms with Gasteiger partial charge in [0.1, 0.15) is 11.6 Å². The van der Waals surface area contributed by atoms with Crippen molar-refractivity contribution in [2.24, 2.45) is 0 Å². The highest BCUT2D eigenvalue weighted by molar-refractivity contribution is 7.91. The first-order valence-electron chi connectivity index (χ1n) is 8.85. The van der Waals surface area contributed by atoms with Gasteiger partial charge in [-0.25, -0.2) is 12.8 Å². The number of nitrogens with zero attached hydrogens (tertiary/aromatic N) is 1. The average molecular weight is 426 g/mol. The molecule has 3 rings (SSSR count). The molecule has 1 aliphatic rings. The van der Waals surface area contributed by atoms with Gasteiger partial charge in [-0.1, -0.05) is 29.8 Å². The highest BCUT2D eigenvalue weighted by Gasteiger charge is 2.35. The van der Waals surface area contributed by atoms with Crippen molar-refractivity contribution in [1.82, 2.24) is 4.90 Å². The lowest BCUT2D eigenvalue weighted by molar-refractivity contribution is -0.133. The van der Waals surface area contributed by atoms with Crippen LogP contribution in [-0.4, -0.2) is 43.9 Å². The van der Waals surface area contributed by atoms with E-state index in [9.17, 15) is 17.6 Å². The maximum atomic E-state index is 14.1. The van der Waals surface area contributed by atoms with Crippen molar-refractivity contribution < 1.29 is 22.3 Å². The summed E-state index contributed by atoms with van der Waals surface area (Å²) in [5.74, 6) is -0.262. The number of ether oxygens (including phenoxy) is 1. The van der Waals surface area contributed by atoms with Crippen LogP contribution in [0.3, 0.4) is 0 Å². The van der Waals surface area contributed by atoms with Crippen molar-refractivity contribution in [3.05, 3.63) is 64.4 Å². The molecule has 1 heterocycles. The Kier molecular flexibility index (Phi) is 6.25. The number of carbonyl (C=O) groups excluding carboxylic acids is 1. The molecule has 0 N–H and O–H groups in total. The zero-order chi connectivity index (χ0) is 20.3. The molecule has 0 aliphatic carbocycles. The van der Waals surface area contributed by atoms with Crippen LogP contribution in [-0.2, 0) is 27.6 Å². The molecule has 1 aliphatic heterocycles. The molecule has 1 saturated heterocycles. The van der Waals surface area contributed by atoms with Crippen molar-refractivity contribution in [3.63, 3.8) is 0 Å². The Bertz CT molecular complexity index is 942. The van der Waals surface area contributed by atoms with Crippen molar-refractivity contribution in [2.45, 2.75) is 25.4 Å². The Labute approximate surface area is 169 Å². The van der Waals surface area contributed by atoms with Gasteiger partial charge in [-0.15, -0.1) is 0 Å². The van der Waals surface area contributed by atoms with Gasteiger partial charge >= 0.3 is 0 Å². The largest absolute Gasteiger partial charge is 0.497 e. The van der Waals surface area contributed by atoms with E-state index in [2.05, 4.69) is 0 Å². The van der Waals surface area contributed by atoms with Crippen molar-refractivity contribution in [2.75, 3.05) is 18.6 Å². The Morgan fingerprint density at radius 1 is 1.25 bits per heavy atom. The van der Waals surface area contributed by atoms with E-state index in [1.807, 2.05) is 12.1 Å². The summed E-state index contributed by atoms with van der Waals surface area (Å²) >= 11 is 6.06. The van der Waals surface area contributed by atoms with E-state index < -0.39 is 21.7 Å². The minimum Gasteiger partial charge on any atom is -0.497 e. The lowest BCUT2D eigenvalue weighted by Gasteiger charge is -2.29. The maximum absolute atomic E-state index is 14.1. The number of benzene rings is 2. The molecule has 2 aromatic rings. The summed E-state index contributed by atoms with van der Waals surface area (Å²) < 4.78 is 43.1. The molecular weight excluding hydrogens is 405 g/mol. The van der Waals surface area contributed by atoms with Gasteiger partial charge in [0.05, 0.1) is 25.0 Å². The second kappa shape index (κ2) is 8.49. The molecule has 0 unspecified atom stereocenters. The van der Waals surface area contributed by atoms with E-state index in [0.717, 1.165) is 5.56 Å². The topological polar surface area (TPSA) is 63.7 Å². The number of sulfone groups is 1. The molecule has 28 heavy (non-hydrogen) atoms. The number of amides is 1. The zero-order valence-electron chi connectivity index (χ0n) is 15.4. The smallest absolute Gasteiger partial charge is 0.227 e. The molecule has 1 atom stereocenters. The lowest BCUT2D eigenvalue weighted by Crippen LogP contribution is -2.41. The van der Waals surface area contributed by atoms with Crippen LogP contribution in [0.1, 0.15) is 17.5 Å². The number of hydrogen-bond donors (Lipinski definition) is 0. The summed E-state index contributed by atoms with van der Waals surface area (Å²) in [5.41, 5.74) is 0.952. The molecule has 8 heteroatoms. The normalized spacial score (nSPS) is 18.0. The van der Waals surface area contributed by atoms with Crippen molar-refractivity contribution >= 4 is 27.3 Å². The van der Waals surface area contributed by atoms with E-state index in [-0.39, 0.29) is 41.0 Å². The number of carbonyl (C=O) groups is 1. The van der Waals surface area contributed by atoms with Gasteiger partial charge < -0.3 is 9.64 Å². The van der Waals surface area contributed by atoms with Crippen LogP contribution in [0.25, 0.3) is 0 Å². The summed E-state index contributed by atoms with van der Waals surface area (Å²) in [6, 6.07) is 11.0. The van der Waals surface area contributed by atoms with Gasteiger partial charge in [0.2, 0.25) is 5.91 Å². The minimum atomic E-state index is -3.18. The van der Waals surface area contributed by atoms with Gasteiger partial charge in [-0.3, -0.25) is 4.79 Å². The first-order chi connectivity index (χ1) is 13.3. The van der Waals surface area contributed by atoms with E-state index in [1.54, 1.807) is 19.2 Å². The van der Waals surface area contributed by atoms with Gasteiger partial charge in [-0.2, -0.15) is 0 Å². The Morgan fingerprint density at radius 3 is 2.54 bits per heavy atom. The van der Waals surface area contributed by atoms with E-state index in [0.29, 0.717) is 12.2 Å². The van der Waals surface area contributed by atoms with E-state index in [1.165, 1.54) is 23.1 Å². The molecule has 1 fully saturated rings. The predicted molar refractivity (Wildman–Crippen MR) is 106 cm³/mol. The Hall–Kier alpha value is -2.12. The van der Waals surface area contributed by atoms with Gasteiger partial charge in [0.25, 0.3) is 0 Å². The summed E-state index contributed by atoms with van der Waals surface area (Å²) in [5, 5.41) is 0.178. The second-order valence-electron chi connectivity index (χ2n) is 6.80. The Balaban J connectivity index is 1.85. The van der Waals surface area contributed by atoms with Crippen LogP contribution in [0, 0.1) is 5.82 Å². The predicted octanol–water partition coefficient (Wildman–Crippen LogP) is 3.25.